The van der Waals surface area contributed by atoms with Crippen molar-refractivity contribution in [2.24, 2.45) is 5.41 Å². The van der Waals surface area contributed by atoms with Gasteiger partial charge in [0.05, 0.1) is 6.61 Å². The maximum Gasteiger partial charge on any atom is 0.317 e. The zero-order valence-electron chi connectivity index (χ0n) is 13.1. The van der Waals surface area contributed by atoms with Crippen molar-refractivity contribution in [1.82, 2.24) is 15.5 Å². The molecule has 5 heteroatoms. The van der Waals surface area contributed by atoms with Crippen molar-refractivity contribution in [2.75, 3.05) is 32.8 Å². The highest BCUT2D eigenvalue weighted by Crippen LogP contribution is 2.26. The van der Waals surface area contributed by atoms with Crippen molar-refractivity contribution >= 4 is 6.03 Å². The van der Waals surface area contributed by atoms with E-state index in [0.717, 1.165) is 52.1 Å². The quantitative estimate of drug-likeness (QED) is 0.824. The molecule has 2 N–H and O–H groups in total. The molecule has 1 atom stereocenters. The average Bonchev–Trinajstić information content (AvgIpc) is 2.84. The number of piperidine rings is 1. The maximum atomic E-state index is 12.2. The Morgan fingerprint density at radius 1 is 1.40 bits per heavy atom. The van der Waals surface area contributed by atoms with Gasteiger partial charge in [0.25, 0.3) is 0 Å². The predicted octanol–water partition coefficient (Wildman–Crippen LogP) is 1.58. The molecule has 0 aromatic heterocycles. The Bertz CT molecular complexity index is 319. The molecule has 1 unspecified atom stereocenters. The van der Waals surface area contributed by atoms with Gasteiger partial charge in [0.15, 0.2) is 0 Å². The summed E-state index contributed by atoms with van der Waals surface area (Å²) in [6, 6.07) is 1.16. The standard InChI is InChI=1S/C15H29N3O2/c1-12(2)17-13-4-7-18(8-5-13)14(19)16-10-15(3)6-9-20-11-15/h12-13,17H,4-11H2,1-3H3,(H,16,19). The van der Waals surface area contributed by atoms with Gasteiger partial charge in [0, 0.05) is 43.7 Å². The van der Waals surface area contributed by atoms with E-state index < -0.39 is 0 Å². The first-order valence-electron chi connectivity index (χ1n) is 7.85. The molecule has 0 saturated carbocycles. The highest BCUT2D eigenvalue weighted by atomic mass is 16.5. The summed E-state index contributed by atoms with van der Waals surface area (Å²) in [5, 5.41) is 6.63. The third-order valence-corrected chi connectivity index (χ3v) is 4.32. The van der Waals surface area contributed by atoms with Crippen LogP contribution in [0.25, 0.3) is 0 Å². The van der Waals surface area contributed by atoms with Gasteiger partial charge in [0.2, 0.25) is 0 Å². The van der Waals surface area contributed by atoms with E-state index in [1.165, 1.54) is 0 Å². The number of hydrogen-bond donors (Lipinski definition) is 2. The van der Waals surface area contributed by atoms with Crippen LogP contribution in [0, 0.1) is 5.41 Å². The maximum absolute atomic E-state index is 12.2. The molecule has 0 aliphatic carbocycles. The first-order valence-corrected chi connectivity index (χ1v) is 7.85. The van der Waals surface area contributed by atoms with Gasteiger partial charge < -0.3 is 20.3 Å². The minimum absolute atomic E-state index is 0.0844. The van der Waals surface area contributed by atoms with Gasteiger partial charge in [0.1, 0.15) is 0 Å². The van der Waals surface area contributed by atoms with E-state index in [9.17, 15) is 4.79 Å². The Balaban J connectivity index is 1.69. The van der Waals surface area contributed by atoms with E-state index >= 15 is 0 Å². The SMILES string of the molecule is CC(C)NC1CCN(C(=O)NCC2(C)CCOC2)CC1. The van der Waals surface area contributed by atoms with Crippen molar-refractivity contribution in [2.45, 2.75) is 52.1 Å². The molecule has 2 saturated heterocycles. The average molecular weight is 283 g/mol. The van der Waals surface area contributed by atoms with Gasteiger partial charge in [-0.15, -0.1) is 0 Å². The molecule has 5 nitrogen and oxygen atoms in total. The van der Waals surface area contributed by atoms with Crippen LogP contribution in [0.4, 0.5) is 4.79 Å². The van der Waals surface area contributed by atoms with Crippen molar-refractivity contribution in [3.8, 4) is 0 Å². The van der Waals surface area contributed by atoms with Gasteiger partial charge in [-0.25, -0.2) is 4.79 Å². The van der Waals surface area contributed by atoms with Crippen LogP contribution in [-0.2, 0) is 4.74 Å². The first kappa shape index (κ1) is 15.6. The van der Waals surface area contributed by atoms with Gasteiger partial charge >= 0.3 is 6.03 Å². The summed E-state index contributed by atoms with van der Waals surface area (Å²) in [6.07, 6.45) is 3.13. The first-order chi connectivity index (χ1) is 9.48. The zero-order chi connectivity index (χ0) is 14.6. The lowest BCUT2D eigenvalue weighted by molar-refractivity contribution is 0.150. The lowest BCUT2D eigenvalue weighted by Gasteiger charge is -2.34. The van der Waals surface area contributed by atoms with E-state index in [4.69, 9.17) is 4.74 Å². The highest BCUT2D eigenvalue weighted by Gasteiger charge is 2.31. The van der Waals surface area contributed by atoms with Crippen LogP contribution < -0.4 is 10.6 Å². The van der Waals surface area contributed by atoms with Crippen LogP contribution in [0.3, 0.4) is 0 Å². The molecular weight excluding hydrogens is 254 g/mol. The summed E-state index contributed by atoms with van der Waals surface area (Å²) >= 11 is 0. The summed E-state index contributed by atoms with van der Waals surface area (Å²) in [5.41, 5.74) is 0.118. The van der Waals surface area contributed by atoms with Crippen molar-refractivity contribution in [3.05, 3.63) is 0 Å². The van der Waals surface area contributed by atoms with E-state index in [2.05, 4.69) is 31.4 Å². The van der Waals surface area contributed by atoms with Gasteiger partial charge in [-0.05, 0) is 19.3 Å². The van der Waals surface area contributed by atoms with Gasteiger partial charge in [-0.2, -0.15) is 0 Å². The summed E-state index contributed by atoms with van der Waals surface area (Å²) in [5.74, 6) is 0. The number of carbonyl (C=O) groups is 1. The zero-order valence-corrected chi connectivity index (χ0v) is 13.1. The molecular formula is C15H29N3O2. The number of likely N-dealkylation sites (tertiary alicyclic amines) is 1. The van der Waals surface area contributed by atoms with Crippen LogP contribution in [0.5, 0.6) is 0 Å². The molecule has 0 spiro atoms. The monoisotopic (exact) mass is 283 g/mol. The van der Waals surface area contributed by atoms with Crippen LogP contribution >= 0.6 is 0 Å². The summed E-state index contributed by atoms with van der Waals surface area (Å²) < 4.78 is 5.42. The Hall–Kier alpha value is -0.810. The number of urea groups is 1. The number of hydrogen-bond acceptors (Lipinski definition) is 3. The molecule has 116 valence electrons. The van der Waals surface area contributed by atoms with Crippen LogP contribution in [0.2, 0.25) is 0 Å². The molecule has 2 fully saturated rings. The number of ether oxygens (including phenoxy) is 1. The van der Waals surface area contributed by atoms with E-state index in [0.29, 0.717) is 12.1 Å². The molecule has 0 radical (unpaired) electrons. The Labute approximate surface area is 122 Å². The molecule has 2 aliphatic heterocycles. The number of rotatable bonds is 4. The summed E-state index contributed by atoms with van der Waals surface area (Å²) in [7, 11) is 0. The summed E-state index contributed by atoms with van der Waals surface area (Å²) in [4.78, 5) is 14.1. The number of carbonyl (C=O) groups excluding carboxylic acids is 1. The van der Waals surface area contributed by atoms with Crippen molar-refractivity contribution in [1.29, 1.82) is 0 Å². The molecule has 0 bridgehead atoms. The lowest BCUT2D eigenvalue weighted by Crippen LogP contribution is -2.50. The van der Waals surface area contributed by atoms with Crippen LogP contribution in [0.15, 0.2) is 0 Å². The second-order valence-corrected chi connectivity index (χ2v) is 6.85. The number of amides is 2. The Morgan fingerprint density at radius 3 is 2.65 bits per heavy atom. The van der Waals surface area contributed by atoms with E-state index in [1.54, 1.807) is 0 Å². The third-order valence-electron chi connectivity index (χ3n) is 4.32. The lowest BCUT2D eigenvalue weighted by atomic mass is 9.90. The van der Waals surface area contributed by atoms with Crippen molar-refractivity contribution < 1.29 is 9.53 Å². The molecule has 2 aliphatic rings. The largest absolute Gasteiger partial charge is 0.381 e. The van der Waals surface area contributed by atoms with E-state index in [1.807, 2.05) is 4.90 Å². The second-order valence-electron chi connectivity index (χ2n) is 6.85. The van der Waals surface area contributed by atoms with Crippen molar-refractivity contribution in [3.63, 3.8) is 0 Å². The Morgan fingerprint density at radius 2 is 2.10 bits per heavy atom. The van der Waals surface area contributed by atoms with Gasteiger partial charge in [-0.3, -0.25) is 0 Å². The number of nitrogens with one attached hydrogen (secondary N) is 2. The number of nitrogens with zero attached hydrogens (tertiary/aromatic N) is 1. The highest BCUT2D eigenvalue weighted by molar-refractivity contribution is 5.74. The minimum atomic E-state index is 0.0844. The molecule has 2 amide bonds. The van der Waals surface area contributed by atoms with Crippen LogP contribution in [0.1, 0.15) is 40.0 Å². The molecule has 0 aromatic carbocycles. The Kier molecular flexibility index (Phi) is 5.27. The molecule has 20 heavy (non-hydrogen) atoms. The minimum Gasteiger partial charge on any atom is -0.381 e. The molecule has 2 rings (SSSR count). The smallest absolute Gasteiger partial charge is 0.317 e. The summed E-state index contributed by atoms with van der Waals surface area (Å²) in [6.45, 7) is 10.5. The normalized spacial score (nSPS) is 28.1. The van der Waals surface area contributed by atoms with Gasteiger partial charge in [-0.1, -0.05) is 20.8 Å². The van der Waals surface area contributed by atoms with E-state index in [-0.39, 0.29) is 11.4 Å². The topological polar surface area (TPSA) is 53.6 Å². The predicted molar refractivity (Wildman–Crippen MR) is 79.8 cm³/mol. The molecule has 0 aromatic rings. The molecule has 2 heterocycles. The van der Waals surface area contributed by atoms with Crippen LogP contribution in [-0.4, -0.2) is 55.9 Å². The fourth-order valence-electron chi connectivity index (χ4n) is 2.97. The fourth-order valence-corrected chi connectivity index (χ4v) is 2.97. The third kappa shape index (κ3) is 4.35. The fraction of sp³-hybridized carbons (Fsp3) is 0.933. The second kappa shape index (κ2) is 6.76.